The zero-order chi connectivity index (χ0) is 16.1. The van der Waals surface area contributed by atoms with E-state index < -0.39 is 11.8 Å². The first-order valence-corrected chi connectivity index (χ1v) is 7.79. The number of hydrogen-bond donors (Lipinski definition) is 0. The van der Waals surface area contributed by atoms with Gasteiger partial charge in [0.25, 0.3) is 0 Å². The van der Waals surface area contributed by atoms with Gasteiger partial charge in [-0.05, 0) is 73.3 Å². The summed E-state index contributed by atoms with van der Waals surface area (Å²) in [5, 5.41) is 0. The highest BCUT2D eigenvalue weighted by atomic mass is 16.7. The van der Waals surface area contributed by atoms with Gasteiger partial charge in [0.1, 0.15) is 11.7 Å². The molecular formula is C17H30O4. The molecule has 21 heavy (non-hydrogen) atoms. The third-order valence-electron chi connectivity index (χ3n) is 2.94. The summed E-state index contributed by atoms with van der Waals surface area (Å²) in [5.41, 5.74) is -0.671. The molecule has 0 bridgehead atoms. The summed E-state index contributed by atoms with van der Waals surface area (Å²) in [5.74, 6) is 0. The molecular weight excluding hydrogens is 268 g/mol. The molecule has 0 aromatic heterocycles. The van der Waals surface area contributed by atoms with Gasteiger partial charge >= 0.3 is 6.16 Å². The van der Waals surface area contributed by atoms with Crippen LogP contribution < -0.4 is 0 Å². The van der Waals surface area contributed by atoms with Gasteiger partial charge in [-0.2, -0.15) is 0 Å². The van der Waals surface area contributed by atoms with Crippen LogP contribution in [-0.4, -0.2) is 29.6 Å². The van der Waals surface area contributed by atoms with E-state index in [1.54, 1.807) is 0 Å². The van der Waals surface area contributed by atoms with Gasteiger partial charge in [-0.1, -0.05) is 6.08 Å². The van der Waals surface area contributed by atoms with Crippen molar-refractivity contribution < 1.29 is 19.0 Å². The zero-order valence-electron chi connectivity index (χ0n) is 14.3. The largest absolute Gasteiger partial charge is 0.509 e. The minimum atomic E-state index is -0.606. The van der Waals surface area contributed by atoms with E-state index in [0.29, 0.717) is 0 Å². The Morgan fingerprint density at radius 2 is 1.67 bits per heavy atom. The zero-order valence-corrected chi connectivity index (χ0v) is 14.3. The van der Waals surface area contributed by atoms with Crippen molar-refractivity contribution in [3.8, 4) is 0 Å². The van der Waals surface area contributed by atoms with Gasteiger partial charge in [-0.3, -0.25) is 0 Å². The van der Waals surface area contributed by atoms with Crippen molar-refractivity contribution in [3.63, 3.8) is 0 Å². The second-order valence-corrected chi connectivity index (χ2v) is 7.56. The lowest BCUT2D eigenvalue weighted by atomic mass is 10.0. The lowest BCUT2D eigenvalue weighted by Crippen LogP contribution is -2.30. The van der Waals surface area contributed by atoms with E-state index in [0.717, 1.165) is 25.7 Å². The van der Waals surface area contributed by atoms with Gasteiger partial charge in [0.2, 0.25) is 0 Å². The normalized spacial score (nSPS) is 25.6. The molecule has 122 valence electrons. The number of hydrogen-bond acceptors (Lipinski definition) is 4. The minimum absolute atomic E-state index is 0.144. The maximum atomic E-state index is 11.7. The van der Waals surface area contributed by atoms with Gasteiger partial charge < -0.3 is 14.2 Å². The SMILES string of the molecule is CC(C)(C)OC(=O)OC1/C=C/CCC(OC(C)(C)C)CC1. The highest BCUT2D eigenvalue weighted by molar-refractivity contribution is 5.61. The Kier molecular flexibility index (Phi) is 6.26. The third kappa shape index (κ3) is 8.76. The molecule has 1 aliphatic rings. The van der Waals surface area contributed by atoms with Crippen LogP contribution in [0.2, 0.25) is 0 Å². The lowest BCUT2D eigenvalue weighted by molar-refractivity contribution is -0.0724. The molecule has 2 atom stereocenters. The molecule has 0 aromatic rings. The van der Waals surface area contributed by atoms with Crippen molar-refractivity contribution in [1.82, 2.24) is 0 Å². The molecule has 0 saturated heterocycles. The summed E-state index contributed by atoms with van der Waals surface area (Å²) in [6.45, 7) is 11.7. The maximum Gasteiger partial charge on any atom is 0.509 e. The highest BCUT2D eigenvalue weighted by Gasteiger charge is 2.24. The molecule has 0 N–H and O–H groups in total. The first-order chi connectivity index (χ1) is 9.55. The van der Waals surface area contributed by atoms with Crippen molar-refractivity contribution in [1.29, 1.82) is 0 Å². The van der Waals surface area contributed by atoms with Crippen molar-refractivity contribution in [2.75, 3.05) is 0 Å². The Bertz CT molecular complexity index is 360. The number of ether oxygens (including phenoxy) is 3. The Balaban J connectivity index is 2.50. The molecule has 0 saturated carbocycles. The molecule has 0 aliphatic heterocycles. The first kappa shape index (κ1) is 18.0. The van der Waals surface area contributed by atoms with E-state index >= 15 is 0 Å². The maximum absolute atomic E-state index is 11.7. The third-order valence-corrected chi connectivity index (χ3v) is 2.94. The smallest absolute Gasteiger partial charge is 0.429 e. The second kappa shape index (κ2) is 7.30. The van der Waals surface area contributed by atoms with Crippen LogP contribution in [0.3, 0.4) is 0 Å². The number of carbonyl (C=O) groups is 1. The fourth-order valence-electron chi connectivity index (χ4n) is 2.23. The Hall–Kier alpha value is -1.03. The predicted octanol–water partition coefficient (Wildman–Crippen LogP) is 4.62. The monoisotopic (exact) mass is 298 g/mol. The summed E-state index contributed by atoms with van der Waals surface area (Å²) >= 11 is 0. The van der Waals surface area contributed by atoms with Gasteiger partial charge in [0.15, 0.2) is 0 Å². The average molecular weight is 298 g/mol. The van der Waals surface area contributed by atoms with Crippen LogP contribution in [0.25, 0.3) is 0 Å². The lowest BCUT2D eigenvalue weighted by Gasteiger charge is -2.29. The highest BCUT2D eigenvalue weighted by Crippen LogP contribution is 2.23. The van der Waals surface area contributed by atoms with Crippen LogP contribution in [-0.2, 0) is 14.2 Å². The fraction of sp³-hybridized carbons (Fsp3) is 0.824. The molecule has 0 radical (unpaired) electrons. The molecule has 4 nitrogen and oxygen atoms in total. The summed E-state index contributed by atoms with van der Waals surface area (Å²) < 4.78 is 16.6. The standard InChI is InChI=1S/C17H30O4/c1-16(2,3)20-14-10-8-7-9-13(11-12-14)19-15(18)21-17(4,5)6/h7,9,13-14H,8,10-12H2,1-6H3/b9-7+. The first-order valence-electron chi connectivity index (χ1n) is 7.79. The minimum Gasteiger partial charge on any atom is -0.429 e. The van der Waals surface area contributed by atoms with Gasteiger partial charge in [0, 0.05) is 0 Å². The Labute approximate surface area is 128 Å². The molecule has 2 unspecified atom stereocenters. The Morgan fingerprint density at radius 3 is 2.24 bits per heavy atom. The van der Waals surface area contributed by atoms with Gasteiger partial charge in [-0.25, -0.2) is 4.79 Å². The molecule has 0 heterocycles. The van der Waals surface area contributed by atoms with Crippen LogP contribution in [0.1, 0.15) is 67.2 Å². The number of rotatable bonds is 2. The topological polar surface area (TPSA) is 44.8 Å². The van der Waals surface area contributed by atoms with Gasteiger partial charge in [0.05, 0.1) is 11.7 Å². The van der Waals surface area contributed by atoms with Crippen LogP contribution in [0.15, 0.2) is 12.2 Å². The molecule has 4 heteroatoms. The quantitative estimate of drug-likeness (QED) is 0.551. The molecule has 0 aromatic carbocycles. The molecule has 0 amide bonds. The van der Waals surface area contributed by atoms with E-state index in [9.17, 15) is 4.79 Å². The van der Waals surface area contributed by atoms with Gasteiger partial charge in [-0.15, -0.1) is 0 Å². The summed E-state index contributed by atoms with van der Waals surface area (Å²) in [6, 6.07) is 0. The summed E-state index contributed by atoms with van der Waals surface area (Å²) in [7, 11) is 0. The number of carbonyl (C=O) groups excluding carboxylic acids is 1. The summed E-state index contributed by atoms with van der Waals surface area (Å²) in [4.78, 5) is 11.7. The van der Waals surface area contributed by atoms with Crippen molar-refractivity contribution in [3.05, 3.63) is 12.2 Å². The van der Waals surface area contributed by atoms with Crippen molar-refractivity contribution >= 4 is 6.16 Å². The molecule has 0 spiro atoms. The van der Waals surface area contributed by atoms with Crippen LogP contribution in [0.5, 0.6) is 0 Å². The average Bonchev–Trinajstić information content (AvgIpc) is 2.22. The van der Waals surface area contributed by atoms with E-state index in [2.05, 4.69) is 26.8 Å². The second-order valence-electron chi connectivity index (χ2n) is 7.56. The summed E-state index contributed by atoms with van der Waals surface area (Å²) in [6.07, 6.45) is 6.98. The van der Waals surface area contributed by atoms with Crippen molar-refractivity contribution in [2.45, 2.75) is 90.6 Å². The van der Waals surface area contributed by atoms with Crippen LogP contribution >= 0.6 is 0 Å². The fourth-order valence-corrected chi connectivity index (χ4v) is 2.23. The van der Waals surface area contributed by atoms with Crippen LogP contribution in [0.4, 0.5) is 4.79 Å². The van der Waals surface area contributed by atoms with E-state index in [4.69, 9.17) is 14.2 Å². The molecule has 1 aliphatic carbocycles. The number of allylic oxidation sites excluding steroid dienone is 1. The van der Waals surface area contributed by atoms with E-state index in [1.165, 1.54) is 0 Å². The Morgan fingerprint density at radius 1 is 1.00 bits per heavy atom. The van der Waals surface area contributed by atoms with Crippen molar-refractivity contribution in [2.24, 2.45) is 0 Å². The predicted molar refractivity (Wildman–Crippen MR) is 83.3 cm³/mol. The van der Waals surface area contributed by atoms with E-state index in [-0.39, 0.29) is 17.8 Å². The molecule has 0 fully saturated rings. The van der Waals surface area contributed by atoms with Crippen LogP contribution in [0, 0.1) is 0 Å². The molecule has 1 rings (SSSR count). The van der Waals surface area contributed by atoms with E-state index in [1.807, 2.05) is 26.8 Å².